The lowest BCUT2D eigenvalue weighted by molar-refractivity contribution is -0.144. The van der Waals surface area contributed by atoms with Gasteiger partial charge in [-0.1, -0.05) is 0 Å². The Labute approximate surface area is 89.8 Å². The molecule has 1 amide bonds. The van der Waals surface area contributed by atoms with E-state index in [1.165, 1.54) is 7.11 Å². The van der Waals surface area contributed by atoms with Gasteiger partial charge in [-0.3, -0.25) is 4.79 Å². The molecule has 0 bridgehead atoms. The second-order valence-electron chi connectivity index (χ2n) is 2.64. The van der Waals surface area contributed by atoms with E-state index in [1.54, 1.807) is 0 Å². The van der Waals surface area contributed by atoms with Crippen LogP contribution >= 0.6 is 12.4 Å². The standard InChI is InChI=1S/C8H16N2O3.ClH/c1-13-8(12)7(10-6-11)4-2-3-5-9;/h6-7H,2-5,9H2,1H3,(H,10,11);1H/t7-;/m0./s1. The minimum Gasteiger partial charge on any atom is -0.467 e. The van der Waals surface area contributed by atoms with E-state index in [9.17, 15) is 9.59 Å². The number of carbonyl (C=O) groups excluding carboxylic acids is 2. The molecule has 0 saturated carbocycles. The summed E-state index contributed by atoms with van der Waals surface area (Å²) in [7, 11) is 1.30. The van der Waals surface area contributed by atoms with Gasteiger partial charge in [0, 0.05) is 0 Å². The Hall–Kier alpha value is -0.810. The quantitative estimate of drug-likeness (QED) is 0.357. The van der Waals surface area contributed by atoms with Crippen molar-refractivity contribution in [2.75, 3.05) is 13.7 Å². The third-order valence-electron chi connectivity index (χ3n) is 1.70. The molecule has 0 heterocycles. The molecule has 84 valence electrons. The van der Waals surface area contributed by atoms with Gasteiger partial charge < -0.3 is 15.8 Å². The van der Waals surface area contributed by atoms with Crippen LogP contribution in [0.3, 0.4) is 0 Å². The zero-order valence-corrected chi connectivity index (χ0v) is 9.01. The zero-order valence-electron chi connectivity index (χ0n) is 8.19. The lowest BCUT2D eigenvalue weighted by atomic mass is 10.1. The largest absolute Gasteiger partial charge is 0.467 e. The molecule has 6 heteroatoms. The first kappa shape index (κ1) is 15.7. The first-order valence-corrected chi connectivity index (χ1v) is 4.23. The maximum Gasteiger partial charge on any atom is 0.328 e. The number of halogens is 1. The molecule has 1 atom stereocenters. The van der Waals surface area contributed by atoms with Crippen LogP contribution in [0.4, 0.5) is 0 Å². The molecule has 0 saturated heterocycles. The molecule has 0 fully saturated rings. The van der Waals surface area contributed by atoms with E-state index < -0.39 is 12.0 Å². The molecule has 0 unspecified atom stereocenters. The van der Waals surface area contributed by atoms with Crippen molar-refractivity contribution in [2.24, 2.45) is 5.73 Å². The summed E-state index contributed by atoms with van der Waals surface area (Å²) < 4.78 is 4.50. The van der Waals surface area contributed by atoms with Gasteiger partial charge in [-0.05, 0) is 25.8 Å². The van der Waals surface area contributed by atoms with Crippen molar-refractivity contribution in [3.05, 3.63) is 0 Å². The normalized spacial score (nSPS) is 11.0. The number of nitrogens with two attached hydrogens (primary N) is 1. The second kappa shape index (κ2) is 10.3. The topological polar surface area (TPSA) is 81.4 Å². The Bertz CT molecular complexity index is 167. The van der Waals surface area contributed by atoms with Crippen molar-refractivity contribution in [2.45, 2.75) is 25.3 Å². The third kappa shape index (κ3) is 6.68. The Kier molecular flexibility index (Phi) is 11.5. The highest BCUT2D eigenvalue weighted by Crippen LogP contribution is 2.01. The number of carbonyl (C=O) groups is 2. The van der Waals surface area contributed by atoms with Crippen molar-refractivity contribution >= 4 is 24.8 Å². The average Bonchev–Trinajstić information content (AvgIpc) is 2.16. The summed E-state index contributed by atoms with van der Waals surface area (Å²) in [5.74, 6) is -0.413. The molecule has 0 aromatic carbocycles. The van der Waals surface area contributed by atoms with E-state index in [2.05, 4.69) is 10.1 Å². The van der Waals surface area contributed by atoms with Crippen molar-refractivity contribution in [1.29, 1.82) is 0 Å². The Morgan fingerprint density at radius 1 is 1.57 bits per heavy atom. The molecule has 3 N–H and O–H groups in total. The molecule has 0 radical (unpaired) electrons. The van der Waals surface area contributed by atoms with Gasteiger partial charge in [-0.25, -0.2) is 4.79 Å². The van der Waals surface area contributed by atoms with E-state index in [1.807, 2.05) is 0 Å². The molecule has 0 aliphatic carbocycles. The number of nitrogens with one attached hydrogen (secondary N) is 1. The molecule has 0 spiro atoms. The number of esters is 1. The molecule has 0 aliphatic heterocycles. The Morgan fingerprint density at radius 3 is 2.64 bits per heavy atom. The van der Waals surface area contributed by atoms with Crippen molar-refractivity contribution in [1.82, 2.24) is 5.32 Å². The number of amides is 1. The fourth-order valence-corrected chi connectivity index (χ4v) is 0.986. The van der Waals surface area contributed by atoms with Crippen LogP contribution in [0.25, 0.3) is 0 Å². The van der Waals surface area contributed by atoms with Crippen LogP contribution in [0.15, 0.2) is 0 Å². The monoisotopic (exact) mass is 224 g/mol. The molecule has 0 aromatic heterocycles. The van der Waals surface area contributed by atoms with E-state index >= 15 is 0 Å². The van der Waals surface area contributed by atoms with Gasteiger partial charge in [-0.2, -0.15) is 0 Å². The van der Waals surface area contributed by atoms with Crippen molar-refractivity contribution in [3.8, 4) is 0 Å². The molecular formula is C8H17ClN2O3. The number of hydrogen-bond acceptors (Lipinski definition) is 4. The fraction of sp³-hybridized carbons (Fsp3) is 0.750. The Balaban J connectivity index is 0. The number of methoxy groups -OCH3 is 1. The van der Waals surface area contributed by atoms with Crippen LogP contribution in [0, 0.1) is 0 Å². The third-order valence-corrected chi connectivity index (χ3v) is 1.70. The van der Waals surface area contributed by atoms with Crippen LogP contribution in [0.2, 0.25) is 0 Å². The van der Waals surface area contributed by atoms with E-state index in [-0.39, 0.29) is 12.4 Å². The van der Waals surface area contributed by atoms with Gasteiger partial charge in [0.25, 0.3) is 0 Å². The van der Waals surface area contributed by atoms with Crippen molar-refractivity contribution in [3.63, 3.8) is 0 Å². The first-order valence-electron chi connectivity index (χ1n) is 4.23. The number of rotatable bonds is 7. The van der Waals surface area contributed by atoms with Gasteiger partial charge in [0.05, 0.1) is 7.11 Å². The number of unbranched alkanes of at least 4 members (excludes halogenated alkanes) is 1. The SMILES string of the molecule is COC(=O)[C@H](CCCCN)NC=O.Cl. The molecule has 0 aromatic rings. The summed E-state index contributed by atoms with van der Waals surface area (Å²) in [6.07, 6.45) is 2.72. The summed E-state index contributed by atoms with van der Waals surface area (Å²) in [4.78, 5) is 21.1. The minimum atomic E-state index is -0.533. The number of hydrogen-bond donors (Lipinski definition) is 2. The van der Waals surface area contributed by atoms with Crippen LogP contribution in [0.5, 0.6) is 0 Å². The van der Waals surface area contributed by atoms with E-state index in [0.717, 1.165) is 12.8 Å². The average molecular weight is 225 g/mol. The highest BCUT2D eigenvalue weighted by Gasteiger charge is 2.16. The maximum absolute atomic E-state index is 11.0. The first-order chi connectivity index (χ1) is 6.26. The van der Waals surface area contributed by atoms with E-state index in [0.29, 0.717) is 19.4 Å². The zero-order chi connectivity index (χ0) is 10.1. The van der Waals surface area contributed by atoms with Gasteiger partial charge >= 0.3 is 5.97 Å². The highest BCUT2D eigenvalue weighted by molar-refractivity contribution is 5.85. The molecular weight excluding hydrogens is 208 g/mol. The van der Waals surface area contributed by atoms with Gasteiger partial charge in [0.1, 0.15) is 6.04 Å². The summed E-state index contributed by atoms with van der Waals surface area (Å²) in [6.45, 7) is 0.592. The van der Waals surface area contributed by atoms with E-state index in [4.69, 9.17) is 5.73 Å². The van der Waals surface area contributed by atoms with Gasteiger partial charge in [-0.15, -0.1) is 12.4 Å². The Morgan fingerprint density at radius 2 is 2.21 bits per heavy atom. The summed E-state index contributed by atoms with van der Waals surface area (Å²) in [5, 5.41) is 2.40. The van der Waals surface area contributed by atoms with Crippen LogP contribution < -0.4 is 11.1 Å². The molecule has 14 heavy (non-hydrogen) atoms. The predicted molar refractivity (Wildman–Crippen MR) is 55.2 cm³/mol. The summed E-state index contributed by atoms with van der Waals surface area (Å²) in [5.41, 5.74) is 5.29. The maximum atomic E-state index is 11.0. The van der Waals surface area contributed by atoms with Crippen LogP contribution in [-0.2, 0) is 14.3 Å². The second-order valence-corrected chi connectivity index (χ2v) is 2.64. The predicted octanol–water partition coefficient (Wildman–Crippen LogP) is -0.175. The summed E-state index contributed by atoms with van der Waals surface area (Å²) >= 11 is 0. The summed E-state index contributed by atoms with van der Waals surface area (Å²) in [6, 6.07) is -0.533. The molecule has 0 aliphatic rings. The highest BCUT2D eigenvalue weighted by atomic mass is 35.5. The lowest BCUT2D eigenvalue weighted by Crippen LogP contribution is -2.36. The number of ether oxygens (including phenoxy) is 1. The van der Waals surface area contributed by atoms with Gasteiger partial charge in [0.15, 0.2) is 0 Å². The molecule has 0 rings (SSSR count). The molecule has 5 nitrogen and oxygen atoms in total. The fourth-order valence-electron chi connectivity index (χ4n) is 0.986. The lowest BCUT2D eigenvalue weighted by Gasteiger charge is -2.12. The van der Waals surface area contributed by atoms with Crippen LogP contribution in [0.1, 0.15) is 19.3 Å². The smallest absolute Gasteiger partial charge is 0.328 e. The van der Waals surface area contributed by atoms with Gasteiger partial charge in [0.2, 0.25) is 6.41 Å². The van der Waals surface area contributed by atoms with Crippen molar-refractivity contribution < 1.29 is 14.3 Å². The minimum absolute atomic E-state index is 0. The van der Waals surface area contributed by atoms with Crippen LogP contribution in [-0.4, -0.2) is 32.1 Å².